The van der Waals surface area contributed by atoms with Crippen LogP contribution in [0.15, 0.2) is 48.5 Å². The van der Waals surface area contributed by atoms with Crippen molar-refractivity contribution in [3.8, 4) is 11.8 Å². The van der Waals surface area contributed by atoms with Crippen LogP contribution in [0.4, 0.5) is 19.1 Å². The number of carbonyl (C=O) groups is 2. The molecule has 4 aliphatic heterocycles. The molecule has 11 nitrogen and oxygen atoms in total. The molecule has 0 fully saturated rings. The van der Waals surface area contributed by atoms with Crippen LogP contribution in [0.2, 0.25) is 0 Å². The highest BCUT2D eigenvalue weighted by Crippen LogP contribution is 2.17. The van der Waals surface area contributed by atoms with E-state index >= 15 is 0 Å². The monoisotopic (exact) mass is 601 g/mol. The number of benzene rings is 2. The van der Waals surface area contributed by atoms with Crippen LogP contribution in [0.1, 0.15) is 40.7 Å². The van der Waals surface area contributed by atoms with Crippen molar-refractivity contribution < 1.29 is 32.2 Å². The van der Waals surface area contributed by atoms with E-state index in [0.29, 0.717) is 68.8 Å². The van der Waals surface area contributed by atoms with Gasteiger partial charge in [-0.05, 0) is 48.7 Å². The molecule has 4 aliphatic rings. The number of hydrogen-bond acceptors (Lipinski definition) is 9. The zero-order chi connectivity index (χ0) is 30.7. The molecule has 6 bridgehead atoms. The van der Waals surface area contributed by atoms with Crippen molar-refractivity contribution in [3.63, 3.8) is 0 Å². The summed E-state index contributed by atoms with van der Waals surface area (Å²) >= 11 is 0. The molecule has 0 aliphatic carbocycles. The lowest BCUT2D eigenvalue weighted by molar-refractivity contribution is -0.173. The van der Waals surface area contributed by atoms with Gasteiger partial charge in [-0.1, -0.05) is 24.3 Å². The van der Waals surface area contributed by atoms with E-state index in [1.165, 1.54) is 0 Å². The van der Waals surface area contributed by atoms with Gasteiger partial charge in [0.15, 0.2) is 0 Å². The number of amides is 2. The Morgan fingerprint density at radius 1 is 1.02 bits per heavy atom. The molecule has 7 rings (SSSR count). The molecule has 3 N–H and O–H groups in total. The van der Waals surface area contributed by atoms with E-state index in [-0.39, 0.29) is 31.6 Å². The normalized spacial score (nSPS) is 15.2. The van der Waals surface area contributed by atoms with Gasteiger partial charge in [-0.15, -0.1) is 0 Å². The largest absolute Gasteiger partial charge is 0.494 e. The summed E-state index contributed by atoms with van der Waals surface area (Å²) < 4.78 is 49.1. The van der Waals surface area contributed by atoms with Gasteiger partial charge in [-0.2, -0.15) is 28.1 Å². The average Bonchev–Trinajstić information content (AvgIpc) is 2.98. The molecule has 230 valence electrons. The molecule has 43 heavy (non-hydrogen) atoms. The molecule has 0 atom stereocenters. The molecular formula is C29H34F3N7O4. The maximum Gasteiger partial charge on any atom is 0.471 e. The zero-order valence-electron chi connectivity index (χ0n) is 23.7. The van der Waals surface area contributed by atoms with Crippen LogP contribution < -0.4 is 25.4 Å². The topological polar surface area (TPSA) is 131 Å². The number of anilines is 1. The van der Waals surface area contributed by atoms with Gasteiger partial charge >= 0.3 is 18.1 Å². The minimum Gasteiger partial charge on any atom is -0.494 e. The number of rotatable bonds is 5. The third kappa shape index (κ3) is 10.1. The van der Waals surface area contributed by atoms with Crippen molar-refractivity contribution in [1.29, 1.82) is 0 Å². The number of hydrogen-bond donors (Lipinski definition) is 3. The van der Waals surface area contributed by atoms with Gasteiger partial charge in [-0.25, -0.2) is 0 Å². The van der Waals surface area contributed by atoms with E-state index in [1.807, 2.05) is 53.5 Å². The summed E-state index contributed by atoms with van der Waals surface area (Å²) in [7, 11) is 0. The van der Waals surface area contributed by atoms with Crippen molar-refractivity contribution in [1.82, 2.24) is 30.5 Å². The first-order valence-corrected chi connectivity index (χ1v) is 14.0. The molecule has 0 radical (unpaired) electrons. The Morgan fingerprint density at radius 3 is 2.49 bits per heavy atom. The molecule has 3 aromatic rings. The Balaban J connectivity index is 1.48. The lowest BCUT2D eigenvalue weighted by Gasteiger charge is -2.23. The smallest absolute Gasteiger partial charge is 0.471 e. The summed E-state index contributed by atoms with van der Waals surface area (Å²) in [6.07, 6.45) is -3.97. The van der Waals surface area contributed by atoms with Gasteiger partial charge in [0.1, 0.15) is 11.6 Å². The van der Waals surface area contributed by atoms with Gasteiger partial charge in [0.2, 0.25) is 5.95 Å². The van der Waals surface area contributed by atoms with E-state index in [1.54, 1.807) is 12.1 Å². The average molecular weight is 602 g/mol. The van der Waals surface area contributed by atoms with Crippen molar-refractivity contribution in [3.05, 3.63) is 71.0 Å². The van der Waals surface area contributed by atoms with Crippen LogP contribution in [0.5, 0.6) is 11.8 Å². The zero-order valence-corrected chi connectivity index (χ0v) is 23.7. The summed E-state index contributed by atoms with van der Waals surface area (Å²) in [5, 5.41) is 7.95. The molecule has 2 aromatic carbocycles. The number of nitrogens with one attached hydrogen (secondary N) is 3. The number of carbonyl (C=O) groups excluding carboxylic acids is 2. The van der Waals surface area contributed by atoms with Crippen LogP contribution in [-0.2, 0) is 17.8 Å². The minimum atomic E-state index is -4.94. The molecule has 0 saturated carbocycles. The fourth-order valence-corrected chi connectivity index (χ4v) is 4.26. The Morgan fingerprint density at radius 2 is 1.77 bits per heavy atom. The van der Waals surface area contributed by atoms with Gasteiger partial charge < -0.3 is 25.4 Å². The third-order valence-electron chi connectivity index (χ3n) is 6.46. The van der Waals surface area contributed by atoms with Crippen LogP contribution in [-0.4, -0.2) is 83.8 Å². The lowest BCUT2D eigenvalue weighted by Crippen LogP contribution is -2.43. The summed E-state index contributed by atoms with van der Waals surface area (Å²) in [6, 6.07) is 14.8. The van der Waals surface area contributed by atoms with Gasteiger partial charge in [-0.3, -0.25) is 14.5 Å². The highest BCUT2D eigenvalue weighted by Gasteiger charge is 2.38. The van der Waals surface area contributed by atoms with Crippen molar-refractivity contribution >= 4 is 17.8 Å². The molecular weight excluding hydrogens is 567 g/mol. The Kier molecular flexibility index (Phi) is 11.1. The standard InChI is InChI=1S/C29H34F3N7O4/c1-2-42-28-37-24-18-20-4-8-22(9-5-20)25(40)33-12-15-39(16-13-34-26(41)29(30,31)32)14-3-17-43-23-10-6-21(7-11-23)19-35-27(36-24)38-28/h4-11H,2-3,12-19H2,1H3,(H,33,40)(H,34,41)(H,35,36,37,38). The summed E-state index contributed by atoms with van der Waals surface area (Å²) in [4.78, 5) is 39.1. The predicted molar refractivity (Wildman–Crippen MR) is 152 cm³/mol. The number of alkyl halides is 3. The van der Waals surface area contributed by atoms with Crippen LogP contribution in [0.3, 0.4) is 0 Å². The first-order valence-electron chi connectivity index (χ1n) is 14.0. The van der Waals surface area contributed by atoms with E-state index in [0.717, 1.165) is 11.1 Å². The summed E-state index contributed by atoms with van der Waals surface area (Å²) in [6.45, 7) is 4.20. The second kappa shape index (κ2) is 15.1. The van der Waals surface area contributed by atoms with Gasteiger partial charge in [0, 0.05) is 51.3 Å². The number of aromatic nitrogens is 3. The molecule has 0 unspecified atom stereocenters. The van der Waals surface area contributed by atoms with Gasteiger partial charge in [0.25, 0.3) is 5.91 Å². The van der Waals surface area contributed by atoms with E-state index in [2.05, 4.69) is 25.6 Å². The van der Waals surface area contributed by atoms with E-state index < -0.39 is 12.1 Å². The quantitative estimate of drug-likeness (QED) is 0.404. The Hall–Kier alpha value is -4.46. The molecule has 1 aromatic heterocycles. The first-order chi connectivity index (χ1) is 20.7. The molecule has 14 heteroatoms. The van der Waals surface area contributed by atoms with Gasteiger partial charge in [0.05, 0.1) is 13.2 Å². The molecule has 0 spiro atoms. The van der Waals surface area contributed by atoms with Crippen LogP contribution in [0, 0.1) is 0 Å². The molecule has 5 heterocycles. The minimum absolute atomic E-state index is 0.177. The summed E-state index contributed by atoms with van der Waals surface area (Å²) in [5.74, 6) is -0.708. The fourth-order valence-electron chi connectivity index (χ4n) is 4.26. The number of ether oxygens (including phenoxy) is 2. The highest BCUT2D eigenvalue weighted by atomic mass is 19.4. The van der Waals surface area contributed by atoms with E-state index in [9.17, 15) is 22.8 Å². The molecule has 0 saturated heterocycles. The SMILES string of the molecule is CCOc1nc2nc(n1)NCc1ccc(cc1)OCCCN(CCNC(=O)C(F)(F)F)CCNC(=O)c1ccc(cc1)C2. The van der Waals surface area contributed by atoms with Crippen molar-refractivity contribution in [2.75, 3.05) is 51.3 Å². The van der Waals surface area contributed by atoms with E-state index in [4.69, 9.17) is 9.47 Å². The van der Waals surface area contributed by atoms with Crippen molar-refractivity contribution in [2.24, 2.45) is 0 Å². The summed E-state index contributed by atoms with van der Waals surface area (Å²) in [5.41, 5.74) is 2.32. The van der Waals surface area contributed by atoms with Crippen molar-refractivity contribution in [2.45, 2.75) is 32.5 Å². The first kappa shape index (κ1) is 31.5. The maximum absolute atomic E-state index is 12.7. The lowest BCUT2D eigenvalue weighted by atomic mass is 10.1. The van der Waals surface area contributed by atoms with Crippen LogP contribution >= 0.6 is 0 Å². The predicted octanol–water partition coefficient (Wildman–Crippen LogP) is 2.97. The molecule has 2 amide bonds. The number of halogens is 3. The highest BCUT2D eigenvalue weighted by molar-refractivity contribution is 5.94. The second-order valence-corrected chi connectivity index (χ2v) is 9.72. The third-order valence-corrected chi connectivity index (χ3v) is 6.46. The fraction of sp³-hybridized carbons (Fsp3) is 0.414. The van der Waals surface area contributed by atoms with Crippen LogP contribution in [0.25, 0.3) is 0 Å². The maximum atomic E-state index is 12.7. The number of nitrogens with zero attached hydrogens (tertiary/aromatic N) is 4. The Labute approximate surface area is 247 Å². The second-order valence-electron chi connectivity index (χ2n) is 9.72. The Bertz CT molecular complexity index is 1360.